The van der Waals surface area contributed by atoms with Gasteiger partial charge in [0.2, 0.25) is 0 Å². The van der Waals surface area contributed by atoms with Crippen molar-refractivity contribution in [1.29, 1.82) is 5.26 Å². The second-order valence-corrected chi connectivity index (χ2v) is 7.60. The van der Waals surface area contributed by atoms with E-state index in [1.165, 1.54) is 18.2 Å². The second-order valence-electron chi connectivity index (χ2n) is 7.60. The molecule has 35 heavy (non-hydrogen) atoms. The summed E-state index contributed by atoms with van der Waals surface area (Å²) in [5, 5.41) is 28.1. The molecule has 0 saturated carbocycles. The number of nitrogens with zero attached hydrogens (tertiary/aromatic N) is 6. The number of nitro benzene ring substituents is 1. The minimum Gasteiger partial charge on any atom is -0.351 e. The molecule has 2 aromatic carbocycles. The molecule has 1 N–H and O–H groups in total. The Kier molecular flexibility index (Phi) is 7.08. The SMILES string of the molecule is N#CC(=Cc1cn(-c2ccccc2)nc1-c1ccc([N+](=O)[O-])cc1)C(=O)NCCCn1ccnc1. The molecule has 0 aliphatic rings. The molecular formula is C25H21N7O3. The fourth-order valence-corrected chi connectivity index (χ4v) is 3.45. The largest absolute Gasteiger partial charge is 0.351 e. The number of amides is 1. The van der Waals surface area contributed by atoms with E-state index in [1.54, 1.807) is 35.5 Å². The molecule has 4 aromatic rings. The van der Waals surface area contributed by atoms with E-state index in [0.717, 1.165) is 5.69 Å². The van der Waals surface area contributed by atoms with Gasteiger partial charge in [0, 0.05) is 54.9 Å². The Morgan fingerprint density at radius 1 is 1.17 bits per heavy atom. The monoisotopic (exact) mass is 467 g/mol. The van der Waals surface area contributed by atoms with Gasteiger partial charge in [0.25, 0.3) is 11.6 Å². The van der Waals surface area contributed by atoms with Crippen LogP contribution in [-0.2, 0) is 11.3 Å². The summed E-state index contributed by atoms with van der Waals surface area (Å²) in [7, 11) is 0. The summed E-state index contributed by atoms with van der Waals surface area (Å²) >= 11 is 0. The van der Waals surface area contributed by atoms with Crippen LogP contribution in [0.2, 0.25) is 0 Å². The third kappa shape index (κ3) is 5.66. The van der Waals surface area contributed by atoms with E-state index < -0.39 is 10.8 Å². The van der Waals surface area contributed by atoms with Crippen LogP contribution in [-0.4, -0.2) is 36.7 Å². The van der Waals surface area contributed by atoms with Crippen LogP contribution in [0.15, 0.2) is 85.1 Å². The van der Waals surface area contributed by atoms with Crippen molar-refractivity contribution < 1.29 is 9.72 Å². The minimum absolute atomic E-state index is 0.0406. The number of aromatic nitrogens is 4. The van der Waals surface area contributed by atoms with Gasteiger partial charge in [0.1, 0.15) is 17.3 Å². The van der Waals surface area contributed by atoms with Crippen LogP contribution in [0.4, 0.5) is 5.69 Å². The highest BCUT2D eigenvalue weighted by Gasteiger charge is 2.16. The Balaban J connectivity index is 1.60. The van der Waals surface area contributed by atoms with Crippen LogP contribution < -0.4 is 5.32 Å². The van der Waals surface area contributed by atoms with Gasteiger partial charge >= 0.3 is 0 Å². The van der Waals surface area contributed by atoms with Gasteiger partial charge < -0.3 is 9.88 Å². The maximum absolute atomic E-state index is 12.7. The molecule has 1 amide bonds. The number of aryl methyl sites for hydroxylation is 1. The molecule has 0 atom stereocenters. The number of carbonyl (C=O) groups excluding carboxylic acids is 1. The van der Waals surface area contributed by atoms with Crippen molar-refractivity contribution in [2.24, 2.45) is 0 Å². The highest BCUT2D eigenvalue weighted by atomic mass is 16.6. The average Bonchev–Trinajstić information content (AvgIpc) is 3.56. The fourth-order valence-electron chi connectivity index (χ4n) is 3.45. The van der Waals surface area contributed by atoms with E-state index in [4.69, 9.17) is 0 Å². The summed E-state index contributed by atoms with van der Waals surface area (Å²) in [6, 6.07) is 17.3. The lowest BCUT2D eigenvalue weighted by Crippen LogP contribution is -2.26. The Morgan fingerprint density at radius 2 is 1.94 bits per heavy atom. The van der Waals surface area contributed by atoms with Gasteiger partial charge in [-0.05, 0) is 36.8 Å². The topological polar surface area (TPSA) is 132 Å². The van der Waals surface area contributed by atoms with E-state index in [9.17, 15) is 20.2 Å². The van der Waals surface area contributed by atoms with Gasteiger partial charge in [-0.1, -0.05) is 18.2 Å². The molecule has 0 fully saturated rings. The molecule has 0 saturated heterocycles. The number of hydrogen-bond acceptors (Lipinski definition) is 6. The maximum atomic E-state index is 12.7. The van der Waals surface area contributed by atoms with Crippen molar-refractivity contribution in [1.82, 2.24) is 24.6 Å². The summed E-state index contributed by atoms with van der Waals surface area (Å²) < 4.78 is 3.54. The van der Waals surface area contributed by atoms with Crippen molar-refractivity contribution in [3.05, 3.63) is 101 Å². The van der Waals surface area contributed by atoms with Crippen molar-refractivity contribution in [2.75, 3.05) is 6.54 Å². The van der Waals surface area contributed by atoms with E-state index >= 15 is 0 Å². The van der Waals surface area contributed by atoms with Crippen LogP contribution in [0, 0.1) is 21.4 Å². The first-order valence-corrected chi connectivity index (χ1v) is 10.8. The molecule has 10 heteroatoms. The lowest BCUT2D eigenvalue weighted by Gasteiger charge is -2.05. The number of non-ortho nitro benzene ring substituents is 1. The van der Waals surface area contributed by atoms with E-state index in [2.05, 4.69) is 15.4 Å². The van der Waals surface area contributed by atoms with Crippen LogP contribution in [0.3, 0.4) is 0 Å². The smallest absolute Gasteiger partial charge is 0.269 e. The average molecular weight is 467 g/mol. The number of rotatable bonds is 9. The number of para-hydroxylation sites is 1. The highest BCUT2D eigenvalue weighted by Crippen LogP contribution is 2.27. The Morgan fingerprint density at radius 3 is 2.60 bits per heavy atom. The summed E-state index contributed by atoms with van der Waals surface area (Å²) in [5.74, 6) is -0.486. The highest BCUT2D eigenvalue weighted by molar-refractivity contribution is 6.02. The van der Waals surface area contributed by atoms with E-state index in [-0.39, 0.29) is 11.3 Å². The van der Waals surface area contributed by atoms with Gasteiger partial charge in [0.05, 0.1) is 16.9 Å². The molecule has 0 aliphatic carbocycles. The standard InChI is InChI=1S/C25H21N7O3/c26-16-20(25(33)28-11-4-13-30-14-12-27-18-30)15-21-17-31(22-5-2-1-3-6-22)29-24(21)19-7-9-23(10-8-19)32(34)35/h1-3,5-10,12,14-15,17-18H,4,11,13H2,(H,28,33). The quantitative estimate of drug-likeness (QED) is 0.131. The van der Waals surface area contributed by atoms with Crippen molar-refractivity contribution in [3.63, 3.8) is 0 Å². The normalized spacial score (nSPS) is 11.1. The zero-order chi connectivity index (χ0) is 24.6. The Hall–Kier alpha value is -5.04. The third-order valence-corrected chi connectivity index (χ3v) is 5.22. The molecule has 2 heterocycles. The number of benzene rings is 2. The number of carbonyl (C=O) groups is 1. The first-order valence-electron chi connectivity index (χ1n) is 10.8. The molecule has 0 aliphatic heterocycles. The molecule has 2 aromatic heterocycles. The number of nitriles is 1. The zero-order valence-electron chi connectivity index (χ0n) is 18.6. The van der Waals surface area contributed by atoms with Gasteiger partial charge in [-0.3, -0.25) is 14.9 Å². The van der Waals surface area contributed by atoms with Gasteiger partial charge in [-0.15, -0.1) is 0 Å². The fraction of sp³-hybridized carbons (Fsp3) is 0.120. The summed E-state index contributed by atoms with van der Waals surface area (Å²) in [6.45, 7) is 1.09. The predicted molar refractivity (Wildman–Crippen MR) is 129 cm³/mol. The lowest BCUT2D eigenvalue weighted by atomic mass is 10.1. The van der Waals surface area contributed by atoms with E-state index in [0.29, 0.717) is 36.3 Å². The predicted octanol–water partition coefficient (Wildman–Crippen LogP) is 3.76. The van der Waals surface area contributed by atoms with Crippen molar-refractivity contribution in [2.45, 2.75) is 13.0 Å². The van der Waals surface area contributed by atoms with Crippen LogP contribution in [0.25, 0.3) is 23.0 Å². The summed E-state index contributed by atoms with van der Waals surface area (Å²) in [5.41, 5.74) is 2.33. The van der Waals surface area contributed by atoms with Gasteiger partial charge in [-0.25, -0.2) is 9.67 Å². The van der Waals surface area contributed by atoms with Gasteiger partial charge in [0.15, 0.2) is 0 Å². The maximum Gasteiger partial charge on any atom is 0.269 e. The molecule has 0 radical (unpaired) electrons. The van der Waals surface area contributed by atoms with Crippen LogP contribution in [0.5, 0.6) is 0 Å². The number of nitro groups is 1. The minimum atomic E-state index is -0.486. The van der Waals surface area contributed by atoms with Crippen LogP contribution >= 0.6 is 0 Å². The first kappa shape index (κ1) is 23.1. The number of nitrogens with one attached hydrogen (secondary N) is 1. The number of hydrogen-bond donors (Lipinski definition) is 1. The third-order valence-electron chi connectivity index (χ3n) is 5.22. The van der Waals surface area contributed by atoms with Gasteiger partial charge in [-0.2, -0.15) is 10.4 Å². The molecule has 10 nitrogen and oxygen atoms in total. The van der Waals surface area contributed by atoms with E-state index in [1.807, 2.05) is 47.2 Å². The molecule has 0 bridgehead atoms. The molecule has 0 unspecified atom stereocenters. The molecular weight excluding hydrogens is 446 g/mol. The lowest BCUT2D eigenvalue weighted by molar-refractivity contribution is -0.384. The summed E-state index contributed by atoms with van der Waals surface area (Å²) in [4.78, 5) is 27.2. The van der Waals surface area contributed by atoms with Crippen molar-refractivity contribution in [3.8, 4) is 23.0 Å². The zero-order valence-corrected chi connectivity index (χ0v) is 18.6. The summed E-state index contributed by atoms with van der Waals surface area (Å²) in [6.07, 6.45) is 9.11. The molecule has 4 rings (SSSR count). The first-order chi connectivity index (χ1) is 17.0. The Labute approximate surface area is 200 Å². The number of imidazole rings is 1. The Bertz CT molecular complexity index is 1380. The molecule has 174 valence electrons. The second kappa shape index (κ2) is 10.7. The van der Waals surface area contributed by atoms with Crippen molar-refractivity contribution >= 4 is 17.7 Å². The molecule has 0 spiro atoms. The van der Waals surface area contributed by atoms with Crippen LogP contribution in [0.1, 0.15) is 12.0 Å².